The molecule has 8 atom stereocenters. The van der Waals surface area contributed by atoms with E-state index in [2.05, 4.69) is 12.2 Å². The van der Waals surface area contributed by atoms with E-state index in [4.69, 9.17) is 9.47 Å². The van der Waals surface area contributed by atoms with Gasteiger partial charge in [0.1, 0.15) is 36.3 Å². The lowest BCUT2D eigenvalue weighted by atomic mass is 9.98. The third-order valence-electron chi connectivity index (χ3n) is 10.1. The summed E-state index contributed by atoms with van der Waals surface area (Å²) in [5, 5.41) is 64.8. The van der Waals surface area contributed by atoms with Crippen LogP contribution in [-0.4, -0.2) is 98.7 Å². The number of aliphatic hydroxyl groups excluding tert-OH is 6. The number of nitrogens with one attached hydrogen (secondary N) is 1. The smallest absolute Gasteiger partial charge is 0.220 e. The molecular weight excluding hydrogens is 657 g/mol. The number of aryl methyl sites for hydroxylation is 1. The highest BCUT2D eigenvalue weighted by molar-refractivity contribution is 5.76. The third-order valence-corrected chi connectivity index (χ3v) is 10.1. The van der Waals surface area contributed by atoms with Gasteiger partial charge >= 0.3 is 0 Å². The van der Waals surface area contributed by atoms with Crippen LogP contribution in [0, 0.1) is 5.82 Å². The first kappa shape index (κ1) is 45.5. The molecule has 0 aromatic heterocycles. The van der Waals surface area contributed by atoms with Crippen LogP contribution in [0.4, 0.5) is 4.39 Å². The molecule has 1 aromatic rings. The summed E-state index contributed by atoms with van der Waals surface area (Å²) in [7, 11) is 0. The summed E-state index contributed by atoms with van der Waals surface area (Å²) < 4.78 is 24.1. The Balaban J connectivity index is 1.73. The molecule has 1 aliphatic heterocycles. The second kappa shape index (κ2) is 27.8. The van der Waals surface area contributed by atoms with Gasteiger partial charge in [0, 0.05) is 6.42 Å². The first-order valence-electron chi connectivity index (χ1n) is 20.0. The van der Waals surface area contributed by atoms with E-state index in [1.807, 2.05) is 12.1 Å². The fraction of sp³-hybridized carbons (Fsp3) is 0.825. The summed E-state index contributed by atoms with van der Waals surface area (Å²) >= 11 is 0. The number of carbonyl (C=O) groups is 1. The lowest BCUT2D eigenvalue weighted by molar-refractivity contribution is -0.303. The van der Waals surface area contributed by atoms with Gasteiger partial charge in [0.05, 0.1) is 25.4 Å². The minimum atomic E-state index is -1.62. The van der Waals surface area contributed by atoms with Gasteiger partial charge in [-0.05, 0) is 43.4 Å². The number of unbranched alkanes of at least 4 members (excludes halogenated alkanes) is 17. The number of aliphatic hydroxyl groups is 6. The predicted octanol–water partition coefficient (Wildman–Crippen LogP) is 5.60. The molecule has 10 nitrogen and oxygen atoms in total. The number of hydrogen-bond acceptors (Lipinski definition) is 9. The zero-order valence-corrected chi connectivity index (χ0v) is 31.2. The maximum atomic E-state index is 13.1. The van der Waals surface area contributed by atoms with Crippen molar-refractivity contribution in [2.24, 2.45) is 0 Å². The van der Waals surface area contributed by atoms with E-state index in [0.717, 1.165) is 76.2 Å². The molecule has 1 amide bonds. The number of amides is 1. The largest absolute Gasteiger partial charge is 0.394 e. The van der Waals surface area contributed by atoms with Crippen LogP contribution in [-0.2, 0) is 20.7 Å². The second-order valence-electron chi connectivity index (χ2n) is 14.5. The SMILES string of the molecule is CCCCCCCCCCCCCC[C@@H](O)[C@@H](O)[C@H](CO[C@H]1OC(CO)[C@H](O)C(O)C1O)NC(=O)CCCCCCCCCc1ccc(F)cc1. The van der Waals surface area contributed by atoms with Crippen LogP contribution in [0.1, 0.15) is 147 Å². The van der Waals surface area contributed by atoms with Gasteiger partial charge in [-0.3, -0.25) is 4.79 Å². The van der Waals surface area contributed by atoms with Crippen LogP contribution >= 0.6 is 0 Å². The maximum Gasteiger partial charge on any atom is 0.220 e. The Kier molecular flexibility index (Phi) is 24.8. The highest BCUT2D eigenvalue weighted by atomic mass is 19.1. The molecule has 11 heteroatoms. The van der Waals surface area contributed by atoms with Crippen molar-refractivity contribution in [2.45, 2.75) is 197 Å². The molecule has 51 heavy (non-hydrogen) atoms. The monoisotopic (exact) mass is 728 g/mol. The van der Waals surface area contributed by atoms with Crippen LogP contribution in [0.3, 0.4) is 0 Å². The van der Waals surface area contributed by atoms with Crippen LogP contribution in [0.25, 0.3) is 0 Å². The van der Waals surface area contributed by atoms with Crippen molar-refractivity contribution in [1.29, 1.82) is 0 Å². The Labute approximate surface area is 306 Å². The lowest BCUT2D eigenvalue weighted by Crippen LogP contribution is -2.60. The molecule has 1 aromatic carbocycles. The van der Waals surface area contributed by atoms with Gasteiger partial charge in [-0.1, -0.05) is 128 Å². The number of ether oxygens (including phenoxy) is 2. The lowest BCUT2D eigenvalue weighted by Gasteiger charge is -2.40. The predicted molar refractivity (Wildman–Crippen MR) is 196 cm³/mol. The molecule has 7 N–H and O–H groups in total. The number of hydrogen-bond donors (Lipinski definition) is 7. The van der Waals surface area contributed by atoms with Crippen LogP contribution < -0.4 is 5.32 Å². The van der Waals surface area contributed by atoms with Crippen LogP contribution in [0.2, 0.25) is 0 Å². The molecule has 0 radical (unpaired) electrons. The van der Waals surface area contributed by atoms with Gasteiger partial charge in [-0.15, -0.1) is 0 Å². The van der Waals surface area contributed by atoms with Crippen LogP contribution in [0.5, 0.6) is 0 Å². The Morgan fingerprint density at radius 1 is 0.765 bits per heavy atom. The van der Waals surface area contributed by atoms with E-state index in [1.54, 1.807) is 0 Å². The number of rotatable bonds is 30. The zero-order chi connectivity index (χ0) is 37.3. The van der Waals surface area contributed by atoms with Crippen molar-refractivity contribution in [3.63, 3.8) is 0 Å². The molecule has 0 saturated carbocycles. The summed E-state index contributed by atoms with van der Waals surface area (Å²) in [5.41, 5.74) is 1.14. The molecule has 1 aliphatic rings. The van der Waals surface area contributed by atoms with Crippen molar-refractivity contribution in [2.75, 3.05) is 13.2 Å². The second-order valence-corrected chi connectivity index (χ2v) is 14.5. The number of benzene rings is 1. The van der Waals surface area contributed by atoms with Crippen molar-refractivity contribution in [3.05, 3.63) is 35.6 Å². The van der Waals surface area contributed by atoms with Crippen molar-refractivity contribution in [1.82, 2.24) is 5.32 Å². The van der Waals surface area contributed by atoms with Crippen molar-refractivity contribution >= 4 is 5.91 Å². The topological polar surface area (TPSA) is 169 Å². The van der Waals surface area contributed by atoms with Crippen LogP contribution in [0.15, 0.2) is 24.3 Å². The summed E-state index contributed by atoms with van der Waals surface area (Å²) in [6.07, 6.45) is 12.7. The van der Waals surface area contributed by atoms with E-state index >= 15 is 0 Å². The fourth-order valence-electron chi connectivity index (χ4n) is 6.69. The highest BCUT2D eigenvalue weighted by Gasteiger charge is 2.44. The molecule has 296 valence electrons. The van der Waals surface area contributed by atoms with E-state index in [9.17, 15) is 39.8 Å². The molecule has 0 aliphatic carbocycles. The summed E-state index contributed by atoms with van der Waals surface area (Å²) in [6, 6.07) is 5.62. The van der Waals surface area contributed by atoms with Gasteiger partial charge in [-0.2, -0.15) is 0 Å². The van der Waals surface area contributed by atoms with Crippen molar-refractivity contribution < 1.29 is 49.3 Å². The van der Waals surface area contributed by atoms with Gasteiger partial charge in [-0.25, -0.2) is 4.39 Å². The standard InChI is InChI=1S/C40H70FNO9/c1-2-3-4-5-6-7-8-9-10-13-16-19-22-33(44)36(46)32(29-50-40-39(49)38(48)37(47)34(28-43)51-40)42-35(45)23-20-17-14-11-12-15-18-21-30-24-26-31(41)27-25-30/h24-27,32-34,36-40,43-44,46-49H,2-23,28-29H2,1H3,(H,42,45)/t32-,33+,34?,36-,37-,38?,39?,40-/m0/s1. The number of halogens is 1. The third kappa shape index (κ3) is 19.3. The first-order chi connectivity index (χ1) is 24.7. The van der Waals surface area contributed by atoms with E-state index < -0.39 is 55.6 Å². The maximum absolute atomic E-state index is 13.1. The van der Waals surface area contributed by atoms with Crippen molar-refractivity contribution in [3.8, 4) is 0 Å². The molecule has 3 unspecified atom stereocenters. The molecular formula is C40H70FNO9. The number of carbonyl (C=O) groups excluding carboxylic acids is 1. The Morgan fingerprint density at radius 3 is 1.86 bits per heavy atom. The van der Waals surface area contributed by atoms with Gasteiger partial charge in [0.25, 0.3) is 0 Å². The molecule has 0 bridgehead atoms. The van der Waals surface area contributed by atoms with E-state index in [1.165, 1.54) is 63.5 Å². The summed E-state index contributed by atoms with van der Waals surface area (Å²) in [4.78, 5) is 12.9. The summed E-state index contributed by atoms with van der Waals surface area (Å²) in [5.74, 6) is -0.517. The molecule has 1 saturated heterocycles. The van der Waals surface area contributed by atoms with Gasteiger partial charge in [0.15, 0.2) is 6.29 Å². The minimum absolute atomic E-state index is 0.219. The Bertz CT molecular complexity index is 1000. The Morgan fingerprint density at radius 2 is 1.29 bits per heavy atom. The quantitative estimate of drug-likeness (QED) is 0.0499. The molecule has 0 spiro atoms. The average molecular weight is 728 g/mol. The minimum Gasteiger partial charge on any atom is -0.394 e. The Hall–Kier alpha value is -1.70. The average Bonchev–Trinajstić information content (AvgIpc) is 3.13. The molecule has 2 rings (SSSR count). The molecule has 1 fully saturated rings. The normalized spacial score (nSPS) is 22.5. The van der Waals surface area contributed by atoms with E-state index in [-0.39, 0.29) is 24.8 Å². The van der Waals surface area contributed by atoms with Gasteiger partial charge < -0.3 is 45.4 Å². The first-order valence-corrected chi connectivity index (χ1v) is 20.0. The molecule has 1 heterocycles. The van der Waals surface area contributed by atoms with E-state index in [0.29, 0.717) is 12.8 Å². The zero-order valence-electron chi connectivity index (χ0n) is 31.2. The summed E-state index contributed by atoms with van der Waals surface area (Å²) in [6.45, 7) is 1.29. The fourth-order valence-corrected chi connectivity index (χ4v) is 6.69. The van der Waals surface area contributed by atoms with Gasteiger partial charge in [0.2, 0.25) is 5.91 Å². The highest BCUT2D eigenvalue weighted by Crippen LogP contribution is 2.23.